The smallest absolute Gasteiger partial charge is 0.239 e. The molecule has 1 saturated heterocycles. The maximum Gasteiger partial charge on any atom is 0.239 e. The van der Waals surface area contributed by atoms with E-state index in [0.29, 0.717) is 23.7 Å². The van der Waals surface area contributed by atoms with Crippen LogP contribution in [0.15, 0.2) is 59.4 Å². The minimum absolute atomic E-state index is 0.0682. The van der Waals surface area contributed by atoms with Crippen LogP contribution in [0.5, 0.6) is 0 Å². The molecule has 1 N–H and O–H groups in total. The van der Waals surface area contributed by atoms with E-state index in [4.69, 9.17) is 16.1 Å². The highest BCUT2D eigenvalue weighted by Gasteiger charge is 2.35. The van der Waals surface area contributed by atoms with Gasteiger partial charge in [0, 0.05) is 24.2 Å². The van der Waals surface area contributed by atoms with Crippen LogP contribution in [-0.4, -0.2) is 33.4 Å². The zero-order valence-electron chi connectivity index (χ0n) is 14.8. The van der Waals surface area contributed by atoms with Crippen LogP contribution in [0.25, 0.3) is 11.1 Å². The molecule has 4 rings (SSSR count). The molecule has 3 heterocycles. The van der Waals surface area contributed by atoms with Crippen LogP contribution in [0.1, 0.15) is 12.1 Å². The number of benzene rings is 1. The predicted molar refractivity (Wildman–Crippen MR) is 103 cm³/mol. The van der Waals surface area contributed by atoms with Gasteiger partial charge in [0.25, 0.3) is 0 Å². The number of anilines is 1. The van der Waals surface area contributed by atoms with Crippen LogP contribution >= 0.6 is 11.6 Å². The fourth-order valence-electron chi connectivity index (χ4n) is 3.17. The number of hydrogen-bond acceptors (Lipinski definition) is 5. The van der Waals surface area contributed by atoms with E-state index in [2.05, 4.69) is 15.5 Å². The van der Waals surface area contributed by atoms with Gasteiger partial charge >= 0.3 is 0 Å². The first kappa shape index (κ1) is 18.2. The monoisotopic (exact) mass is 396 g/mol. The molecule has 0 radical (unpaired) electrons. The lowest BCUT2D eigenvalue weighted by Crippen LogP contribution is -2.28. The average Bonchev–Trinajstić information content (AvgIpc) is 3.30. The van der Waals surface area contributed by atoms with Crippen LogP contribution in [0, 0.1) is 5.92 Å². The van der Waals surface area contributed by atoms with E-state index in [9.17, 15) is 9.59 Å². The molecule has 3 aromatic rings. The van der Waals surface area contributed by atoms with Gasteiger partial charge < -0.3 is 9.42 Å². The van der Waals surface area contributed by atoms with Gasteiger partial charge in [0.05, 0.1) is 29.9 Å². The summed E-state index contributed by atoms with van der Waals surface area (Å²) in [4.78, 5) is 30.8. The zero-order chi connectivity index (χ0) is 19.5. The van der Waals surface area contributed by atoms with Crippen molar-refractivity contribution >= 4 is 29.3 Å². The summed E-state index contributed by atoms with van der Waals surface area (Å²) in [7, 11) is 0. The van der Waals surface area contributed by atoms with Gasteiger partial charge in [-0.15, -0.1) is 0 Å². The predicted octanol–water partition coefficient (Wildman–Crippen LogP) is 3.38. The number of nitrogens with zero attached hydrogens (tertiary/aromatic N) is 3. The Morgan fingerprint density at radius 2 is 2.07 bits per heavy atom. The number of halogens is 1. The van der Waals surface area contributed by atoms with Gasteiger partial charge in [0.1, 0.15) is 0 Å². The summed E-state index contributed by atoms with van der Waals surface area (Å²) in [6, 6.07) is 12.7. The van der Waals surface area contributed by atoms with Crippen molar-refractivity contribution in [3.63, 3.8) is 0 Å². The summed E-state index contributed by atoms with van der Waals surface area (Å²) in [5.41, 5.74) is 2.26. The third-order valence-corrected chi connectivity index (χ3v) is 4.88. The minimum atomic E-state index is -0.459. The molecule has 0 saturated carbocycles. The zero-order valence-corrected chi connectivity index (χ0v) is 15.6. The second kappa shape index (κ2) is 7.82. The minimum Gasteiger partial charge on any atom is -0.338 e. The number of amides is 2. The molecule has 8 heteroatoms. The fourth-order valence-corrected chi connectivity index (χ4v) is 3.29. The molecular formula is C20H17ClN4O3. The van der Waals surface area contributed by atoms with Crippen molar-refractivity contribution in [2.75, 3.05) is 11.9 Å². The van der Waals surface area contributed by atoms with Crippen LogP contribution in [0.4, 0.5) is 5.88 Å². The Hall–Kier alpha value is -3.19. The van der Waals surface area contributed by atoms with Crippen molar-refractivity contribution in [2.45, 2.75) is 13.0 Å². The maximum atomic E-state index is 12.7. The Morgan fingerprint density at radius 3 is 2.82 bits per heavy atom. The normalized spacial score (nSPS) is 16.4. The molecule has 1 aromatic carbocycles. The summed E-state index contributed by atoms with van der Waals surface area (Å²) < 4.78 is 5.21. The van der Waals surface area contributed by atoms with Crippen LogP contribution in [-0.2, 0) is 16.1 Å². The molecule has 7 nitrogen and oxygen atoms in total. The first-order valence-electron chi connectivity index (χ1n) is 8.79. The molecule has 1 fully saturated rings. The standard InChI is InChI=1S/C20H17ClN4O3/c21-15-6-4-13(5-7-15)17-10-23-28-20(17)24-19(27)14-9-18(26)25(11-14)12-16-3-1-2-8-22-16/h1-8,10,14H,9,11-12H2,(H,24,27). The molecule has 0 aliphatic carbocycles. The highest BCUT2D eigenvalue weighted by molar-refractivity contribution is 6.30. The molecule has 2 amide bonds. The lowest BCUT2D eigenvalue weighted by atomic mass is 10.1. The molecule has 28 heavy (non-hydrogen) atoms. The molecule has 1 unspecified atom stereocenters. The third-order valence-electron chi connectivity index (χ3n) is 4.63. The molecule has 1 aliphatic heterocycles. The Morgan fingerprint density at radius 1 is 1.25 bits per heavy atom. The van der Waals surface area contributed by atoms with Gasteiger partial charge in [0.2, 0.25) is 17.7 Å². The van der Waals surface area contributed by atoms with Gasteiger partial charge in [-0.1, -0.05) is 35.0 Å². The third kappa shape index (κ3) is 3.89. The molecular weight excluding hydrogens is 380 g/mol. The molecule has 142 valence electrons. The number of rotatable bonds is 5. The first-order valence-corrected chi connectivity index (χ1v) is 9.17. The number of likely N-dealkylation sites (tertiary alicyclic amines) is 1. The van der Waals surface area contributed by atoms with Crippen molar-refractivity contribution in [1.29, 1.82) is 0 Å². The van der Waals surface area contributed by atoms with E-state index in [1.165, 1.54) is 6.20 Å². The topological polar surface area (TPSA) is 88.3 Å². The molecule has 0 spiro atoms. The lowest BCUT2D eigenvalue weighted by molar-refractivity contribution is -0.128. The van der Waals surface area contributed by atoms with Crippen molar-refractivity contribution in [1.82, 2.24) is 15.0 Å². The quantitative estimate of drug-likeness (QED) is 0.714. The van der Waals surface area contributed by atoms with Gasteiger partial charge in [-0.25, -0.2) is 0 Å². The molecule has 1 aliphatic rings. The first-order chi connectivity index (χ1) is 13.6. The summed E-state index contributed by atoms with van der Waals surface area (Å²) >= 11 is 5.92. The lowest BCUT2D eigenvalue weighted by Gasteiger charge is -2.15. The number of carbonyl (C=O) groups excluding carboxylic acids is 2. The van der Waals surface area contributed by atoms with Crippen LogP contribution in [0.3, 0.4) is 0 Å². The highest BCUT2D eigenvalue weighted by Crippen LogP contribution is 2.30. The Balaban J connectivity index is 1.43. The highest BCUT2D eigenvalue weighted by atomic mass is 35.5. The van der Waals surface area contributed by atoms with E-state index in [1.54, 1.807) is 23.2 Å². The van der Waals surface area contributed by atoms with E-state index in [1.807, 2.05) is 30.3 Å². The van der Waals surface area contributed by atoms with E-state index < -0.39 is 5.92 Å². The summed E-state index contributed by atoms with van der Waals surface area (Å²) in [6.45, 7) is 0.730. The Bertz CT molecular complexity index is 988. The van der Waals surface area contributed by atoms with Crippen LogP contribution < -0.4 is 5.32 Å². The van der Waals surface area contributed by atoms with Gasteiger partial charge in [-0.2, -0.15) is 0 Å². The number of nitrogens with one attached hydrogen (secondary N) is 1. The molecule has 1 atom stereocenters. The number of carbonyl (C=O) groups is 2. The van der Waals surface area contributed by atoms with E-state index in [0.717, 1.165) is 11.3 Å². The molecule has 0 bridgehead atoms. The number of pyridine rings is 1. The largest absolute Gasteiger partial charge is 0.338 e. The van der Waals surface area contributed by atoms with Crippen molar-refractivity contribution in [3.8, 4) is 11.1 Å². The van der Waals surface area contributed by atoms with Crippen molar-refractivity contribution < 1.29 is 14.1 Å². The van der Waals surface area contributed by atoms with Crippen molar-refractivity contribution in [3.05, 3.63) is 65.6 Å². The molecule has 2 aromatic heterocycles. The summed E-state index contributed by atoms with van der Waals surface area (Å²) in [5, 5.41) is 7.15. The van der Waals surface area contributed by atoms with Crippen molar-refractivity contribution in [2.24, 2.45) is 5.92 Å². The summed E-state index contributed by atoms with van der Waals surface area (Å²) in [6.07, 6.45) is 3.37. The van der Waals surface area contributed by atoms with Gasteiger partial charge in [0.15, 0.2) is 0 Å². The Kier molecular flexibility index (Phi) is 5.08. The Labute approximate surface area is 166 Å². The number of aromatic nitrogens is 2. The summed E-state index contributed by atoms with van der Waals surface area (Å²) in [5.74, 6) is -0.549. The van der Waals surface area contributed by atoms with Gasteiger partial charge in [-0.3, -0.25) is 19.9 Å². The second-order valence-electron chi connectivity index (χ2n) is 6.56. The van der Waals surface area contributed by atoms with Crippen LogP contribution in [0.2, 0.25) is 5.02 Å². The van der Waals surface area contributed by atoms with Gasteiger partial charge in [-0.05, 0) is 29.8 Å². The number of hydrogen-bond donors (Lipinski definition) is 1. The van der Waals surface area contributed by atoms with E-state index >= 15 is 0 Å². The van der Waals surface area contributed by atoms with E-state index in [-0.39, 0.29) is 24.1 Å². The maximum absolute atomic E-state index is 12.7. The average molecular weight is 397 g/mol. The fraction of sp³-hybridized carbons (Fsp3) is 0.200. The SMILES string of the molecule is O=C(Nc1oncc1-c1ccc(Cl)cc1)C1CC(=O)N(Cc2ccccn2)C1. The second-order valence-corrected chi connectivity index (χ2v) is 7.00.